The molecule has 1 fully saturated rings. The van der Waals surface area contributed by atoms with E-state index in [1.165, 1.54) is 11.1 Å². The lowest BCUT2D eigenvalue weighted by Gasteiger charge is -2.26. The van der Waals surface area contributed by atoms with Crippen molar-refractivity contribution in [1.29, 1.82) is 0 Å². The first kappa shape index (κ1) is 24.1. The van der Waals surface area contributed by atoms with E-state index in [0.29, 0.717) is 13.2 Å². The predicted molar refractivity (Wildman–Crippen MR) is 122 cm³/mol. The Morgan fingerprint density at radius 3 is 2.59 bits per heavy atom. The van der Waals surface area contributed by atoms with E-state index in [4.69, 9.17) is 14.5 Å². The fourth-order valence-electron chi connectivity index (χ4n) is 2.90. The van der Waals surface area contributed by atoms with Crippen molar-refractivity contribution in [3.05, 3.63) is 35.4 Å². The number of morpholine rings is 1. The van der Waals surface area contributed by atoms with Gasteiger partial charge in [-0.3, -0.25) is 4.90 Å². The van der Waals surface area contributed by atoms with Crippen LogP contribution < -0.4 is 10.6 Å². The van der Waals surface area contributed by atoms with Crippen LogP contribution in [0.2, 0.25) is 0 Å². The Morgan fingerprint density at radius 2 is 1.89 bits per heavy atom. The highest BCUT2D eigenvalue weighted by Gasteiger charge is 2.09. The van der Waals surface area contributed by atoms with E-state index in [0.717, 1.165) is 64.9 Å². The van der Waals surface area contributed by atoms with E-state index in [2.05, 4.69) is 46.7 Å². The molecule has 0 amide bonds. The van der Waals surface area contributed by atoms with Crippen LogP contribution in [0.3, 0.4) is 0 Å². The molecule has 1 aromatic rings. The quantitative estimate of drug-likeness (QED) is 0.229. The molecule has 6 nitrogen and oxygen atoms in total. The number of hydrogen-bond acceptors (Lipinski definition) is 4. The van der Waals surface area contributed by atoms with E-state index in [-0.39, 0.29) is 24.0 Å². The van der Waals surface area contributed by atoms with Crippen LogP contribution in [0.4, 0.5) is 0 Å². The van der Waals surface area contributed by atoms with Gasteiger partial charge in [-0.2, -0.15) is 0 Å². The number of hydrogen-bond donors (Lipinski definition) is 2. The molecular formula is C20H35IN4O2. The largest absolute Gasteiger partial charge is 0.379 e. The summed E-state index contributed by atoms with van der Waals surface area (Å²) in [6.45, 7) is 12.8. The molecule has 27 heavy (non-hydrogen) atoms. The van der Waals surface area contributed by atoms with Crippen LogP contribution in [0.15, 0.2) is 29.3 Å². The second-order valence-corrected chi connectivity index (χ2v) is 6.34. The topological polar surface area (TPSA) is 58.1 Å². The van der Waals surface area contributed by atoms with E-state index >= 15 is 0 Å². The first-order valence-electron chi connectivity index (χ1n) is 9.80. The molecule has 154 valence electrons. The minimum atomic E-state index is 0. The van der Waals surface area contributed by atoms with Gasteiger partial charge in [0.05, 0.1) is 26.4 Å². The van der Waals surface area contributed by atoms with Crippen molar-refractivity contribution in [2.45, 2.75) is 33.4 Å². The van der Waals surface area contributed by atoms with E-state index < -0.39 is 0 Å². The molecule has 0 radical (unpaired) electrons. The summed E-state index contributed by atoms with van der Waals surface area (Å²) in [5.74, 6) is 0.876. The summed E-state index contributed by atoms with van der Waals surface area (Å²) in [7, 11) is 0. The van der Waals surface area contributed by atoms with Gasteiger partial charge in [-0.05, 0) is 37.9 Å². The Balaban J connectivity index is 0.00000364. The molecule has 1 saturated heterocycles. The van der Waals surface area contributed by atoms with Gasteiger partial charge in [-0.15, -0.1) is 24.0 Å². The maximum absolute atomic E-state index is 5.56. The molecule has 1 aromatic carbocycles. The maximum Gasteiger partial charge on any atom is 0.191 e. The van der Waals surface area contributed by atoms with Gasteiger partial charge in [0.2, 0.25) is 0 Å². The van der Waals surface area contributed by atoms with Crippen LogP contribution >= 0.6 is 24.0 Å². The third-order valence-electron chi connectivity index (χ3n) is 4.38. The summed E-state index contributed by atoms with van der Waals surface area (Å²) in [5, 5.41) is 6.77. The molecule has 0 spiro atoms. The van der Waals surface area contributed by atoms with Gasteiger partial charge < -0.3 is 20.1 Å². The Hall–Kier alpha value is -0.900. The van der Waals surface area contributed by atoms with E-state index in [1.54, 1.807) is 0 Å². The zero-order valence-electron chi connectivity index (χ0n) is 16.7. The Labute approximate surface area is 181 Å². The molecule has 1 aliphatic rings. The predicted octanol–water partition coefficient (Wildman–Crippen LogP) is 2.62. The molecule has 0 bridgehead atoms. The Bertz CT molecular complexity index is 536. The molecule has 0 aliphatic carbocycles. The monoisotopic (exact) mass is 490 g/mol. The maximum atomic E-state index is 5.56. The van der Waals surface area contributed by atoms with Crippen molar-refractivity contribution in [1.82, 2.24) is 15.5 Å². The van der Waals surface area contributed by atoms with Gasteiger partial charge in [0.15, 0.2) is 5.96 Å². The molecule has 1 heterocycles. The third kappa shape index (κ3) is 9.73. The summed E-state index contributed by atoms with van der Waals surface area (Å²) < 4.78 is 10.9. The average molecular weight is 490 g/mol. The number of aliphatic imine (C=N–C) groups is 1. The van der Waals surface area contributed by atoms with Crippen molar-refractivity contribution in [3.63, 3.8) is 0 Å². The smallest absolute Gasteiger partial charge is 0.191 e. The zero-order valence-corrected chi connectivity index (χ0v) is 19.0. The molecule has 0 unspecified atom stereocenters. The second-order valence-electron chi connectivity index (χ2n) is 6.34. The molecule has 7 heteroatoms. The van der Waals surface area contributed by atoms with Gasteiger partial charge in [-0.1, -0.05) is 24.3 Å². The first-order chi connectivity index (χ1) is 12.8. The van der Waals surface area contributed by atoms with Gasteiger partial charge in [0, 0.05) is 32.8 Å². The third-order valence-corrected chi connectivity index (χ3v) is 4.38. The van der Waals surface area contributed by atoms with Crippen molar-refractivity contribution in [2.75, 3.05) is 52.5 Å². The minimum Gasteiger partial charge on any atom is -0.379 e. The summed E-state index contributed by atoms with van der Waals surface area (Å²) in [5.41, 5.74) is 2.42. The highest BCUT2D eigenvalue weighted by molar-refractivity contribution is 14.0. The second kappa shape index (κ2) is 15.1. The lowest BCUT2D eigenvalue weighted by molar-refractivity contribution is 0.0376. The van der Waals surface area contributed by atoms with Gasteiger partial charge in [-0.25, -0.2) is 4.99 Å². The van der Waals surface area contributed by atoms with E-state index in [1.807, 2.05) is 6.92 Å². The summed E-state index contributed by atoms with van der Waals surface area (Å²) in [6.07, 6.45) is 1.10. The number of halogens is 1. The fourth-order valence-corrected chi connectivity index (χ4v) is 2.90. The number of guanidine groups is 1. The standard InChI is InChI=1S/C20H34N4O2.HI/c1-3-21-20(22-10-7-11-24-12-14-26-15-13-24)23-16-18-8-5-6-9-19(18)17-25-4-2;/h5-6,8-9H,3-4,7,10-17H2,1-2H3,(H2,21,22,23);1H. The number of benzene rings is 1. The molecule has 1 aliphatic heterocycles. The zero-order chi connectivity index (χ0) is 18.5. The van der Waals surface area contributed by atoms with Gasteiger partial charge in [0.1, 0.15) is 0 Å². The lowest BCUT2D eigenvalue weighted by atomic mass is 10.1. The lowest BCUT2D eigenvalue weighted by Crippen LogP contribution is -2.40. The normalized spacial score (nSPS) is 15.3. The van der Waals surface area contributed by atoms with Crippen LogP contribution in [-0.4, -0.2) is 63.4 Å². The molecule has 2 N–H and O–H groups in total. The number of rotatable bonds is 10. The van der Waals surface area contributed by atoms with Crippen LogP contribution in [-0.2, 0) is 22.6 Å². The molecule has 0 aromatic heterocycles. The molecule has 2 rings (SSSR count). The number of ether oxygens (including phenoxy) is 2. The fraction of sp³-hybridized carbons (Fsp3) is 0.650. The van der Waals surface area contributed by atoms with Gasteiger partial charge in [0.25, 0.3) is 0 Å². The van der Waals surface area contributed by atoms with Crippen LogP contribution in [0.5, 0.6) is 0 Å². The Morgan fingerprint density at radius 1 is 1.15 bits per heavy atom. The van der Waals surface area contributed by atoms with Crippen molar-refractivity contribution in [3.8, 4) is 0 Å². The van der Waals surface area contributed by atoms with Crippen LogP contribution in [0.25, 0.3) is 0 Å². The average Bonchev–Trinajstić information content (AvgIpc) is 2.69. The van der Waals surface area contributed by atoms with Crippen LogP contribution in [0.1, 0.15) is 31.4 Å². The van der Waals surface area contributed by atoms with Crippen molar-refractivity contribution < 1.29 is 9.47 Å². The van der Waals surface area contributed by atoms with E-state index in [9.17, 15) is 0 Å². The Kier molecular flexibility index (Phi) is 13.5. The number of nitrogens with zero attached hydrogens (tertiary/aromatic N) is 2. The highest BCUT2D eigenvalue weighted by Crippen LogP contribution is 2.11. The molecular weight excluding hydrogens is 455 g/mol. The van der Waals surface area contributed by atoms with Gasteiger partial charge >= 0.3 is 0 Å². The molecule has 0 saturated carbocycles. The van der Waals surface area contributed by atoms with Crippen LogP contribution in [0, 0.1) is 0 Å². The SMILES string of the molecule is CCNC(=NCc1ccccc1COCC)NCCCN1CCOCC1.I. The summed E-state index contributed by atoms with van der Waals surface area (Å²) in [4.78, 5) is 7.20. The minimum absolute atomic E-state index is 0. The first-order valence-corrected chi connectivity index (χ1v) is 9.80. The molecule has 0 atom stereocenters. The summed E-state index contributed by atoms with van der Waals surface area (Å²) >= 11 is 0. The number of nitrogens with one attached hydrogen (secondary N) is 2. The van der Waals surface area contributed by atoms with Crippen molar-refractivity contribution >= 4 is 29.9 Å². The summed E-state index contributed by atoms with van der Waals surface area (Å²) in [6, 6.07) is 8.35. The van der Waals surface area contributed by atoms with Crippen molar-refractivity contribution in [2.24, 2.45) is 4.99 Å². The highest BCUT2D eigenvalue weighted by atomic mass is 127.